The molecule has 28 heavy (non-hydrogen) atoms. The van der Waals surface area contributed by atoms with Crippen molar-refractivity contribution in [2.75, 3.05) is 13.1 Å². The van der Waals surface area contributed by atoms with Crippen LogP contribution in [0.2, 0.25) is 0 Å². The molecule has 6 heteroatoms. The molecule has 1 saturated heterocycles. The highest BCUT2D eigenvalue weighted by molar-refractivity contribution is 6.07. The maximum absolute atomic E-state index is 13.0. The van der Waals surface area contributed by atoms with Gasteiger partial charge >= 0.3 is 0 Å². The van der Waals surface area contributed by atoms with Gasteiger partial charge in [-0.1, -0.05) is 20.8 Å². The lowest BCUT2D eigenvalue weighted by molar-refractivity contribution is 0.0766. The number of hydrogen-bond acceptors (Lipinski definition) is 4. The molecule has 2 aromatic heterocycles. The first-order chi connectivity index (χ1) is 13.3. The molecule has 0 radical (unpaired) electrons. The second-order valence-corrected chi connectivity index (χ2v) is 8.41. The number of nitrogens with one attached hydrogen (secondary N) is 1. The van der Waals surface area contributed by atoms with Gasteiger partial charge in [0.25, 0.3) is 11.5 Å². The first-order valence-electron chi connectivity index (χ1n) is 9.47. The SMILES string of the molecule is CC(C)(C)c1cc(-c2ccc[nH]c2=O)cc2c(C(=O)N3CCC(O)C3)coc12. The van der Waals surface area contributed by atoms with Crippen LogP contribution in [-0.2, 0) is 5.41 Å². The zero-order valence-corrected chi connectivity index (χ0v) is 16.3. The molecule has 0 spiro atoms. The Hall–Kier alpha value is -2.86. The molecule has 3 aromatic rings. The lowest BCUT2D eigenvalue weighted by Crippen LogP contribution is -2.29. The third-order valence-electron chi connectivity index (χ3n) is 5.29. The molecular formula is C22H24N2O4. The van der Waals surface area contributed by atoms with Crippen molar-refractivity contribution < 1.29 is 14.3 Å². The molecule has 1 aliphatic heterocycles. The molecule has 1 aromatic carbocycles. The van der Waals surface area contributed by atoms with Gasteiger partial charge in [0, 0.05) is 35.8 Å². The lowest BCUT2D eigenvalue weighted by Gasteiger charge is -2.20. The van der Waals surface area contributed by atoms with Crippen LogP contribution in [0, 0.1) is 0 Å². The predicted octanol–water partition coefficient (Wildman–Crippen LogP) is 3.29. The number of furan rings is 1. The van der Waals surface area contributed by atoms with Gasteiger partial charge in [0.2, 0.25) is 0 Å². The summed E-state index contributed by atoms with van der Waals surface area (Å²) in [5, 5.41) is 10.5. The molecule has 4 rings (SSSR count). The van der Waals surface area contributed by atoms with E-state index in [0.717, 1.165) is 11.1 Å². The predicted molar refractivity (Wildman–Crippen MR) is 107 cm³/mol. The molecule has 0 saturated carbocycles. The van der Waals surface area contributed by atoms with Gasteiger partial charge in [-0.25, -0.2) is 0 Å². The second-order valence-electron chi connectivity index (χ2n) is 8.41. The molecule has 1 unspecified atom stereocenters. The number of aliphatic hydroxyl groups is 1. The normalized spacial score (nSPS) is 17.4. The summed E-state index contributed by atoms with van der Waals surface area (Å²) in [7, 11) is 0. The van der Waals surface area contributed by atoms with Gasteiger partial charge in [0.15, 0.2) is 0 Å². The van der Waals surface area contributed by atoms with Crippen molar-refractivity contribution in [1.29, 1.82) is 0 Å². The van der Waals surface area contributed by atoms with E-state index in [0.29, 0.717) is 41.6 Å². The second kappa shape index (κ2) is 6.63. The van der Waals surface area contributed by atoms with Gasteiger partial charge in [-0.3, -0.25) is 9.59 Å². The number of hydrogen-bond donors (Lipinski definition) is 2. The number of rotatable bonds is 2. The average molecular weight is 380 g/mol. The van der Waals surface area contributed by atoms with Crippen molar-refractivity contribution in [3.8, 4) is 11.1 Å². The number of nitrogens with zero attached hydrogens (tertiary/aromatic N) is 1. The van der Waals surface area contributed by atoms with E-state index in [2.05, 4.69) is 25.8 Å². The Labute approximate surface area is 162 Å². The zero-order valence-electron chi connectivity index (χ0n) is 16.3. The highest BCUT2D eigenvalue weighted by atomic mass is 16.3. The molecule has 0 aliphatic carbocycles. The van der Waals surface area contributed by atoms with Crippen LogP contribution in [0.5, 0.6) is 0 Å². The van der Waals surface area contributed by atoms with E-state index in [1.807, 2.05) is 12.1 Å². The van der Waals surface area contributed by atoms with E-state index < -0.39 is 6.10 Å². The van der Waals surface area contributed by atoms with Crippen LogP contribution in [0.4, 0.5) is 0 Å². The van der Waals surface area contributed by atoms with Crippen molar-refractivity contribution in [3.63, 3.8) is 0 Å². The Morgan fingerprint density at radius 2 is 2.11 bits per heavy atom. The van der Waals surface area contributed by atoms with Gasteiger partial charge in [0.05, 0.1) is 11.7 Å². The van der Waals surface area contributed by atoms with Crippen molar-refractivity contribution in [2.45, 2.75) is 38.7 Å². The highest BCUT2D eigenvalue weighted by Crippen LogP contribution is 2.37. The molecule has 6 nitrogen and oxygen atoms in total. The number of pyridine rings is 1. The van der Waals surface area contributed by atoms with E-state index in [1.54, 1.807) is 23.2 Å². The van der Waals surface area contributed by atoms with Crippen molar-refractivity contribution in [1.82, 2.24) is 9.88 Å². The van der Waals surface area contributed by atoms with E-state index in [9.17, 15) is 14.7 Å². The van der Waals surface area contributed by atoms with Crippen molar-refractivity contribution >= 4 is 16.9 Å². The Morgan fingerprint density at radius 3 is 2.75 bits per heavy atom. The molecule has 1 amide bonds. The van der Waals surface area contributed by atoms with Gasteiger partial charge < -0.3 is 19.4 Å². The van der Waals surface area contributed by atoms with Crippen molar-refractivity contribution in [3.05, 3.63) is 58.2 Å². The van der Waals surface area contributed by atoms with Crippen LogP contribution in [0.3, 0.4) is 0 Å². The maximum Gasteiger partial charge on any atom is 0.257 e. The number of aromatic nitrogens is 1. The number of fused-ring (bicyclic) bond motifs is 1. The minimum atomic E-state index is -0.481. The smallest absolute Gasteiger partial charge is 0.257 e. The highest BCUT2D eigenvalue weighted by Gasteiger charge is 2.29. The van der Waals surface area contributed by atoms with Crippen LogP contribution < -0.4 is 5.56 Å². The average Bonchev–Trinajstić information content (AvgIpc) is 3.26. The number of β-amino-alcohol motifs (C(OH)–C–C–N with tert-alkyl or cyclic N) is 1. The Balaban J connectivity index is 1.92. The lowest BCUT2D eigenvalue weighted by atomic mass is 9.84. The summed E-state index contributed by atoms with van der Waals surface area (Å²) in [4.78, 5) is 29.7. The molecule has 3 heterocycles. The monoisotopic (exact) mass is 380 g/mol. The van der Waals surface area contributed by atoms with Crippen LogP contribution in [0.15, 0.2) is 45.9 Å². The number of amides is 1. The summed E-state index contributed by atoms with van der Waals surface area (Å²) in [5.74, 6) is -0.158. The first-order valence-corrected chi connectivity index (χ1v) is 9.47. The van der Waals surface area contributed by atoms with Gasteiger partial charge in [-0.2, -0.15) is 0 Å². The summed E-state index contributed by atoms with van der Waals surface area (Å²) in [6.45, 7) is 7.07. The molecule has 1 atom stereocenters. The molecule has 1 aliphatic rings. The summed E-state index contributed by atoms with van der Waals surface area (Å²) in [5.41, 5.74) is 2.93. The Morgan fingerprint density at radius 1 is 1.32 bits per heavy atom. The number of carbonyl (C=O) groups excluding carboxylic acids is 1. The molecule has 0 bridgehead atoms. The Kier molecular flexibility index (Phi) is 4.38. The van der Waals surface area contributed by atoms with Crippen LogP contribution in [-0.4, -0.2) is 40.1 Å². The number of H-pyrrole nitrogens is 1. The number of benzene rings is 1. The fourth-order valence-electron chi connectivity index (χ4n) is 3.76. The largest absolute Gasteiger partial charge is 0.463 e. The number of aromatic amines is 1. The topological polar surface area (TPSA) is 86.5 Å². The summed E-state index contributed by atoms with van der Waals surface area (Å²) >= 11 is 0. The van der Waals surface area contributed by atoms with E-state index >= 15 is 0 Å². The summed E-state index contributed by atoms with van der Waals surface area (Å²) in [6, 6.07) is 7.36. The minimum Gasteiger partial charge on any atom is -0.463 e. The zero-order chi connectivity index (χ0) is 20.1. The summed E-state index contributed by atoms with van der Waals surface area (Å²) < 4.78 is 5.84. The third kappa shape index (κ3) is 3.14. The minimum absolute atomic E-state index is 0.158. The maximum atomic E-state index is 13.0. The molecule has 146 valence electrons. The van der Waals surface area contributed by atoms with E-state index in [-0.39, 0.29) is 16.9 Å². The van der Waals surface area contributed by atoms with Crippen LogP contribution >= 0.6 is 0 Å². The fourth-order valence-corrected chi connectivity index (χ4v) is 3.76. The Bertz CT molecular complexity index is 1100. The summed E-state index contributed by atoms with van der Waals surface area (Å²) in [6.07, 6.45) is 3.19. The number of likely N-dealkylation sites (tertiary alicyclic amines) is 1. The van der Waals surface area contributed by atoms with Gasteiger partial charge in [0.1, 0.15) is 11.8 Å². The molecule has 2 N–H and O–H groups in total. The third-order valence-corrected chi connectivity index (χ3v) is 5.29. The van der Waals surface area contributed by atoms with Gasteiger partial charge in [-0.05, 0) is 41.7 Å². The van der Waals surface area contributed by atoms with Crippen molar-refractivity contribution in [2.24, 2.45) is 0 Å². The first kappa shape index (κ1) is 18.5. The molecule has 1 fully saturated rings. The van der Waals surface area contributed by atoms with E-state index in [1.165, 1.54) is 6.26 Å². The molecular weight excluding hydrogens is 356 g/mol. The van der Waals surface area contributed by atoms with Crippen LogP contribution in [0.25, 0.3) is 22.1 Å². The number of aliphatic hydroxyl groups excluding tert-OH is 1. The quantitative estimate of drug-likeness (QED) is 0.714. The standard InChI is InChI=1S/C22H24N2O4/c1-22(2,3)18-10-13(15-5-4-7-23-20(15)26)9-16-17(12-28-19(16)18)21(27)24-8-6-14(25)11-24/h4-5,7,9-10,12,14,25H,6,8,11H2,1-3H3,(H,23,26). The fraction of sp³-hybridized carbons (Fsp3) is 0.364. The number of carbonyl (C=O) groups is 1. The van der Waals surface area contributed by atoms with Gasteiger partial charge in [-0.15, -0.1) is 0 Å². The van der Waals surface area contributed by atoms with E-state index in [4.69, 9.17) is 4.42 Å². The van der Waals surface area contributed by atoms with Crippen LogP contribution in [0.1, 0.15) is 43.1 Å².